The number of nitrogens with one attached hydrogen (secondary N) is 1. The van der Waals surface area contributed by atoms with Crippen LogP contribution in [0.15, 0.2) is 42.3 Å². The van der Waals surface area contributed by atoms with Crippen molar-refractivity contribution in [2.45, 2.75) is 6.61 Å². The van der Waals surface area contributed by atoms with Crippen LogP contribution in [-0.2, 0) is 11.3 Å². The number of rotatable bonds is 7. The molecular weight excluding hydrogens is 288 g/mol. The van der Waals surface area contributed by atoms with E-state index in [2.05, 4.69) is 16.9 Å². The maximum atomic E-state index is 11.9. The molecule has 0 bridgehead atoms. The highest BCUT2D eigenvalue weighted by Gasteiger charge is 2.12. The van der Waals surface area contributed by atoms with Crippen LogP contribution < -0.4 is 10.1 Å². The second kappa shape index (κ2) is 7.44. The fourth-order valence-electron chi connectivity index (χ4n) is 1.59. The van der Waals surface area contributed by atoms with Crippen LogP contribution in [0.5, 0.6) is 5.75 Å². The molecule has 1 N–H and O–H groups in total. The van der Waals surface area contributed by atoms with E-state index in [9.17, 15) is 4.79 Å². The molecule has 6 heteroatoms. The molecule has 5 nitrogen and oxygen atoms in total. The van der Waals surface area contributed by atoms with E-state index in [0.29, 0.717) is 17.4 Å². The molecular formula is C15H16N2O3S. The quantitative estimate of drug-likeness (QED) is 0.629. The zero-order valence-corrected chi connectivity index (χ0v) is 12.5. The molecule has 0 aliphatic rings. The van der Waals surface area contributed by atoms with Crippen molar-refractivity contribution in [3.63, 3.8) is 0 Å². The van der Waals surface area contributed by atoms with Gasteiger partial charge in [-0.3, -0.25) is 0 Å². The van der Waals surface area contributed by atoms with Crippen LogP contribution in [0.1, 0.15) is 16.1 Å². The summed E-state index contributed by atoms with van der Waals surface area (Å²) in [6, 6.07) is 7.38. The normalized spacial score (nSPS) is 9.95. The average molecular weight is 304 g/mol. The average Bonchev–Trinajstić information content (AvgIpc) is 2.99. The predicted octanol–water partition coefficient (Wildman–Crippen LogP) is 3.11. The van der Waals surface area contributed by atoms with Gasteiger partial charge in [0.05, 0.1) is 7.11 Å². The van der Waals surface area contributed by atoms with Gasteiger partial charge in [0.2, 0.25) is 0 Å². The molecule has 0 radical (unpaired) electrons. The number of nitrogens with zero attached hydrogens (tertiary/aromatic N) is 1. The summed E-state index contributed by atoms with van der Waals surface area (Å²) in [5, 5.41) is 5.36. The second-order valence-corrected chi connectivity index (χ2v) is 4.99. The van der Waals surface area contributed by atoms with Gasteiger partial charge in [-0.15, -0.1) is 17.9 Å². The molecule has 1 aromatic heterocycles. The first-order chi connectivity index (χ1) is 10.2. The number of hydrogen-bond donors (Lipinski definition) is 1. The van der Waals surface area contributed by atoms with Gasteiger partial charge < -0.3 is 14.8 Å². The van der Waals surface area contributed by atoms with Crippen molar-refractivity contribution in [3.05, 3.63) is 53.6 Å². The number of hydrogen-bond acceptors (Lipinski definition) is 6. The standard InChI is InChI=1S/C15H16N2O3S/c1-3-7-16-15-17-13(10-21-15)14(18)20-9-11-5-4-6-12(8-11)19-2/h3-6,8,10H,1,7,9H2,2H3,(H,16,17). The third-order valence-electron chi connectivity index (χ3n) is 2.62. The van der Waals surface area contributed by atoms with E-state index in [-0.39, 0.29) is 6.61 Å². The molecule has 0 fully saturated rings. The van der Waals surface area contributed by atoms with Gasteiger partial charge in [0.1, 0.15) is 12.4 Å². The molecule has 0 aliphatic heterocycles. The fraction of sp³-hybridized carbons (Fsp3) is 0.200. The maximum Gasteiger partial charge on any atom is 0.358 e. The Morgan fingerprint density at radius 2 is 2.38 bits per heavy atom. The predicted molar refractivity (Wildman–Crippen MR) is 82.9 cm³/mol. The molecule has 2 aromatic rings. The van der Waals surface area contributed by atoms with Crippen molar-refractivity contribution in [2.24, 2.45) is 0 Å². The van der Waals surface area contributed by atoms with Crippen molar-refractivity contribution in [1.82, 2.24) is 4.98 Å². The first-order valence-electron chi connectivity index (χ1n) is 6.33. The van der Waals surface area contributed by atoms with Gasteiger partial charge in [-0.2, -0.15) is 0 Å². The van der Waals surface area contributed by atoms with Gasteiger partial charge in [0.25, 0.3) is 0 Å². The summed E-state index contributed by atoms with van der Waals surface area (Å²) in [6.07, 6.45) is 1.72. The smallest absolute Gasteiger partial charge is 0.358 e. The largest absolute Gasteiger partial charge is 0.497 e. The lowest BCUT2D eigenvalue weighted by atomic mass is 10.2. The van der Waals surface area contributed by atoms with Gasteiger partial charge in [-0.25, -0.2) is 9.78 Å². The Morgan fingerprint density at radius 1 is 1.52 bits per heavy atom. The molecule has 21 heavy (non-hydrogen) atoms. The third kappa shape index (κ3) is 4.32. The van der Waals surface area contributed by atoms with Crippen LogP contribution in [0.25, 0.3) is 0 Å². The van der Waals surface area contributed by atoms with Gasteiger partial charge in [-0.05, 0) is 17.7 Å². The third-order valence-corrected chi connectivity index (χ3v) is 3.42. The Hall–Kier alpha value is -2.34. The topological polar surface area (TPSA) is 60.5 Å². The number of aromatic nitrogens is 1. The number of carbonyl (C=O) groups excluding carboxylic acids is 1. The highest BCUT2D eigenvalue weighted by molar-refractivity contribution is 7.13. The number of ether oxygens (including phenoxy) is 2. The molecule has 1 aromatic carbocycles. The minimum Gasteiger partial charge on any atom is -0.497 e. The number of thiazole rings is 1. The SMILES string of the molecule is C=CCNc1nc(C(=O)OCc2cccc(OC)c2)cs1. The summed E-state index contributed by atoms with van der Waals surface area (Å²) in [7, 11) is 1.60. The van der Waals surface area contributed by atoms with Crippen LogP contribution in [-0.4, -0.2) is 24.6 Å². The molecule has 110 valence electrons. The highest BCUT2D eigenvalue weighted by Crippen LogP contribution is 2.17. The summed E-state index contributed by atoms with van der Waals surface area (Å²) in [5.74, 6) is 0.286. The lowest BCUT2D eigenvalue weighted by Gasteiger charge is -2.05. The zero-order valence-electron chi connectivity index (χ0n) is 11.7. The van der Waals surface area contributed by atoms with Crippen LogP contribution in [0.3, 0.4) is 0 Å². The minimum atomic E-state index is -0.444. The summed E-state index contributed by atoms with van der Waals surface area (Å²) in [6.45, 7) is 4.39. The lowest BCUT2D eigenvalue weighted by Crippen LogP contribution is -2.06. The van der Waals surface area contributed by atoms with E-state index in [0.717, 1.165) is 11.3 Å². The fourth-order valence-corrected chi connectivity index (χ4v) is 2.28. The summed E-state index contributed by atoms with van der Waals surface area (Å²) >= 11 is 1.35. The van der Waals surface area contributed by atoms with Gasteiger partial charge >= 0.3 is 5.97 Å². The number of methoxy groups -OCH3 is 1. The van der Waals surface area contributed by atoms with Crippen LogP contribution in [0.4, 0.5) is 5.13 Å². The van der Waals surface area contributed by atoms with E-state index >= 15 is 0 Å². The Morgan fingerprint density at radius 3 is 3.14 bits per heavy atom. The van der Waals surface area contributed by atoms with Crippen molar-refractivity contribution in [2.75, 3.05) is 19.0 Å². The van der Waals surface area contributed by atoms with E-state index in [1.54, 1.807) is 18.6 Å². The molecule has 1 heterocycles. The van der Waals surface area contributed by atoms with Crippen LogP contribution in [0.2, 0.25) is 0 Å². The Labute approximate surface area is 127 Å². The first kappa shape index (κ1) is 15.1. The van der Waals surface area contributed by atoms with Gasteiger partial charge in [0, 0.05) is 11.9 Å². The lowest BCUT2D eigenvalue weighted by molar-refractivity contribution is 0.0466. The Bertz CT molecular complexity index is 625. The van der Waals surface area contributed by atoms with Gasteiger partial charge in [0.15, 0.2) is 10.8 Å². The van der Waals surface area contributed by atoms with Crippen LogP contribution >= 0.6 is 11.3 Å². The Kier molecular flexibility index (Phi) is 5.34. The summed E-state index contributed by atoms with van der Waals surface area (Å²) in [5.41, 5.74) is 1.16. The minimum absolute atomic E-state index is 0.184. The molecule has 0 atom stereocenters. The molecule has 0 saturated carbocycles. The Balaban J connectivity index is 1.91. The molecule has 0 unspecified atom stereocenters. The van der Waals surface area contributed by atoms with E-state index in [1.807, 2.05) is 24.3 Å². The summed E-state index contributed by atoms with van der Waals surface area (Å²) in [4.78, 5) is 16.1. The molecule has 0 spiro atoms. The second-order valence-electron chi connectivity index (χ2n) is 4.14. The van der Waals surface area contributed by atoms with Crippen molar-refractivity contribution in [3.8, 4) is 5.75 Å². The first-order valence-corrected chi connectivity index (χ1v) is 7.21. The van der Waals surface area contributed by atoms with Crippen molar-refractivity contribution in [1.29, 1.82) is 0 Å². The van der Waals surface area contributed by atoms with E-state index < -0.39 is 5.97 Å². The van der Waals surface area contributed by atoms with Gasteiger partial charge in [-0.1, -0.05) is 18.2 Å². The van der Waals surface area contributed by atoms with Crippen LogP contribution in [0, 0.1) is 0 Å². The van der Waals surface area contributed by atoms with Crippen molar-refractivity contribution < 1.29 is 14.3 Å². The van der Waals surface area contributed by atoms with E-state index in [4.69, 9.17) is 9.47 Å². The number of carbonyl (C=O) groups is 1. The van der Waals surface area contributed by atoms with E-state index in [1.165, 1.54) is 11.3 Å². The zero-order chi connectivity index (χ0) is 15.1. The molecule has 0 saturated heterocycles. The molecule has 2 rings (SSSR count). The summed E-state index contributed by atoms with van der Waals surface area (Å²) < 4.78 is 10.4. The molecule has 0 aliphatic carbocycles. The van der Waals surface area contributed by atoms with Crippen molar-refractivity contribution >= 4 is 22.4 Å². The number of esters is 1. The maximum absolute atomic E-state index is 11.9. The highest BCUT2D eigenvalue weighted by atomic mass is 32.1. The molecule has 0 amide bonds. The number of anilines is 1. The number of benzene rings is 1. The monoisotopic (exact) mass is 304 g/mol.